The van der Waals surface area contributed by atoms with Crippen molar-refractivity contribution in [2.45, 2.75) is 33.0 Å². The fourth-order valence-corrected chi connectivity index (χ4v) is 2.47. The van der Waals surface area contributed by atoms with Crippen molar-refractivity contribution in [3.8, 4) is 5.69 Å². The first kappa shape index (κ1) is 14.5. The third-order valence-electron chi connectivity index (χ3n) is 3.66. The zero-order valence-electron chi connectivity index (χ0n) is 13.0. The molecule has 5 nitrogen and oxygen atoms in total. The fourth-order valence-electron chi connectivity index (χ4n) is 2.47. The van der Waals surface area contributed by atoms with Crippen molar-refractivity contribution < 1.29 is 0 Å². The molecule has 0 amide bonds. The van der Waals surface area contributed by atoms with E-state index in [9.17, 15) is 0 Å². The molecule has 3 aromatic rings. The standard InChI is InChI=1S/C17H21N5/c1-14(2)22-10-8-20-17(22)12-19-11-15-3-5-16(6-4-15)21-9-7-18-13-21/h3-10,13-14,19H,11-12H2,1-2H3. The molecule has 22 heavy (non-hydrogen) atoms. The Morgan fingerprint density at radius 1 is 1.05 bits per heavy atom. The normalized spacial score (nSPS) is 11.2. The number of aromatic nitrogens is 4. The van der Waals surface area contributed by atoms with Crippen LogP contribution in [0, 0.1) is 0 Å². The quantitative estimate of drug-likeness (QED) is 0.760. The molecule has 1 aromatic carbocycles. The monoisotopic (exact) mass is 295 g/mol. The van der Waals surface area contributed by atoms with Gasteiger partial charge in [0, 0.05) is 43.1 Å². The van der Waals surface area contributed by atoms with Gasteiger partial charge < -0.3 is 14.5 Å². The first-order chi connectivity index (χ1) is 10.7. The second-order valence-electron chi connectivity index (χ2n) is 5.58. The van der Waals surface area contributed by atoms with Gasteiger partial charge in [0.25, 0.3) is 0 Å². The largest absolute Gasteiger partial charge is 0.331 e. The van der Waals surface area contributed by atoms with Crippen LogP contribution in [0.2, 0.25) is 0 Å². The van der Waals surface area contributed by atoms with Crippen molar-refractivity contribution >= 4 is 0 Å². The van der Waals surface area contributed by atoms with Gasteiger partial charge in [0.05, 0.1) is 12.9 Å². The minimum Gasteiger partial charge on any atom is -0.331 e. The number of nitrogens with zero attached hydrogens (tertiary/aromatic N) is 4. The van der Waals surface area contributed by atoms with Crippen molar-refractivity contribution in [1.29, 1.82) is 0 Å². The molecule has 0 saturated carbocycles. The van der Waals surface area contributed by atoms with Gasteiger partial charge in [-0.2, -0.15) is 0 Å². The minimum atomic E-state index is 0.439. The maximum Gasteiger partial charge on any atom is 0.122 e. The van der Waals surface area contributed by atoms with E-state index >= 15 is 0 Å². The molecule has 3 rings (SSSR count). The lowest BCUT2D eigenvalue weighted by molar-refractivity contribution is 0.541. The molecule has 2 aromatic heterocycles. The third kappa shape index (κ3) is 3.26. The lowest BCUT2D eigenvalue weighted by Gasteiger charge is -2.12. The SMILES string of the molecule is CC(C)n1ccnc1CNCc1ccc(-n2ccnc2)cc1. The molecule has 0 atom stereocenters. The Bertz CT molecular complexity index is 695. The van der Waals surface area contributed by atoms with E-state index in [1.807, 2.05) is 23.2 Å². The molecule has 0 fully saturated rings. The summed E-state index contributed by atoms with van der Waals surface area (Å²) >= 11 is 0. The lowest BCUT2D eigenvalue weighted by atomic mass is 10.2. The van der Waals surface area contributed by atoms with E-state index in [-0.39, 0.29) is 0 Å². The molecule has 5 heteroatoms. The maximum atomic E-state index is 4.41. The van der Waals surface area contributed by atoms with Gasteiger partial charge in [0.2, 0.25) is 0 Å². The zero-order chi connectivity index (χ0) is 15.4. The highest BCUT2D eigenvalue weighted by atomic mass is 15.1. The van der Waals surface area contributed by atoms with Gasteiger partial charge >= 0.3 is 0 Å². The second-order valence-corrected chi connectivity index (χ2v) is 5.58. The van der Waals surface area contributed by atoms with E-state index in [2.05, 4.69) is 58.0 Å². The molecule has 0 aliphatic carbocycles. The average molecular weight is 295 g/mol. The molecule has 0 radical (unpaired) electrons. The van der Waals surface area contributed by atoms with Crippen LogP contribution in [0.3, 0.4) is 0 Å². The van der Waals surface area contributed by atoms with Gasteiger partial charge in [-0.1, -0.05) is 12.1 Å². The summed E-state index contributed by atoms with van der Waals surface area (Å²) in [6, 6.07) is 8.92. The highest BCUT2D eigenvalue weighted by Gasteiger charge is 2.05. The van der Waals surface area contributed by atoms with Crippen LogP contribution in [0.25, 0.3) is 5.69 Å². The number of hydrogen-bond donors (Lipinski definition) is 1. The molecule has 114 valence electrons. The van der Waals surface area contributed by atoms with Gasteiger partial charge in [0.15, 0.2) is 0 Å². The van der Waals surface area contributed by atoms with Gasteiger partial charge in [-0.05, 0) is 31.5 Å². The molecule has 2 heterocycles. The van der Waals surface area contributed by atoms with Crippen LogP contribution in [0.1, 0.15) is 31.3 Å². The summed E-state index contributed by atoms with van der Waals surface area (Å²) in [4.78, 5) is 8.47. The minimum absolute atomic E-state index is 0.439. The highest BCUT2D eigenvalue weighted by Crippen LogP contribution is 2.10. The molecule has 0 aliphatic rings. The number of hydrogen-bond acceptors (Lipinski definition) is 3. The van der Waals surface area contributed by atoms with E-state index < -0.39 is 0 Å². The van der Waals surface area contributed by atoms with Crippen molar-refractivity contribution in [2.75, 3.05) is 0 Å². The predicted molar refractivity (Wildman–Crippen MR) is 86.7 cm³/mol. The van der Waals surface area contributed by atoms with Crippen molar-refractivity contribution in [3.63, 3.8) is 0 Å². The van der Waals surface area contributed by atoms with E-state index in [0.717, 1.165) is 24.6 Å². The number of benzene rings is 1. The molecule has 0 spiro atoms. The van der Waals surface area contributed by atoms with Crippen LogP contribution < -0.4 is 5.32 Å². The van der Waals surface area contributed by atoms with Gasteiger partial charge in [0.1, 0.15) is 5.82 Å². The molecular formula is C17H21N5. The van der Waals surface area contributed by atoms with Crippen molar-refractivity contribution in [1.82, 2.24) is 24.4 Å². The van der Waals surface area contributed by atoms with Crippen LogP contribution in [0.5, 0.6) is 0 Å². The van der Waals surface area contributed by atoms with Gasteiger partial charge in [-0.3, -0.25) is 0 Å². The Morgan fingerprint density at radius 2 is 1.86 bits per heavy atom. The van der Waals surface area contributed by atoms with E-state index in [1.54, 1.807) is 12.5 Å². The van der Waals surface area contributed by atoms with E-state index in [4.69, 9.17) is 0 Å². The summed E-state index contributed by atoms with van der Waals surface area (Å²) in [7, 11) is 0. The molecule has 0 unspecified atom stereocenters. The summed E-state index contributed by atoms with van der Waals surface area (Å²) in [5.74, 6) is 1.07. The average Bonchev–Trinajstić information content (AvgIpc) is 3.19. The van der Waals surface area contributed by atoms with E-state index in [0.29, 0.717) is 6.04 Å². The van der Waals surface area contributed by atoms with Gasteiger partial charge in [-0.15, -0.1) is 0 Å². The predicted octanol–water partition coefficient (Wildman–Crippen LogP) is 2.94. The smallest absolute Gasteiger partial charge is 0.122 e. The Balaban J connectivity index is 1.57. The third-order valence-corrected chi connectivity index (χ3v) is 3.66. The summed E-state index contributed by atoms with van der Waals surface area (Å²) < 4.78 is 4.19. The first-order valence-electron chi connectivity index (χ1n) is 7.54. The number of nitrogens with one attached hydrogen (secondary N) is 1. The van der Waals surface area contributed by atoms with Crippen LogP contribution in [0.4, 0.5) is 0 Å². The Labute approximate surface area is 130 Å². The second kappa shape index (κ2) is 6.58. The summed E-state index contributed by atoms with van der Waals surface area (Å²) in [6.07, 6.45) is 9.42. The molecule has 0 aliphatic heterocycles. The highest BCUT2D eigenvalue weighted by molar-refractivity contribution is 5.34. The molecule has 0 saturated heterocycles. The Morgan fingerprint density at radius 3 is 2.55 bits per heavy atom. The van der Waals surface area contributed by atoms with Crippen LogP contribution in [0.15, 0.2) is 55.4 Å². The number of imidazole rings is 2. The van der Waals surface area contributed by atoms with Crippen LogP contribution in [-0.4, -0.2) is 19.1 Å². The summed E-state index contributed by atoms with van der Waals surface area (Å²) in [5, 5.41) is 3.45. The van der Waals surface area contributed by atoms with Crippen molar-refractivity contribution in [2.24, 2.45) is 0 Å². The summed E-state index contributed by atoms with van der Waals surface area (Å²) in [6.45, 7) is 5.93. The van der Waals surface area contributed by atoms with Crippen molar-refractivity contribution in [3.05, 3.63) is 66.8 Å². The lowest BCUT2D eigenvalue weighted by Crippen LogP contribution is -2.17. The Kier molecular flexibility index (Phi) is 4.34. The maximum absolute atomic E-state index is 4.41. The topological polar surface area (TPSA) is 47.7 Å². The zero-order valence-corrected chi connectivity index (χ0v) is 13.0. The summed E-state index contributed by atoms with van der Waals surface area (Å²) in [5.41, 5.74) is 2.38. The van der Waals surface area contributed by atoms with Gasteiger partial charge in [-0.25, -0.2) is 9.97 Å². The van der Waals surface area contributed by atoms with E-state index in [1.165, 1.54) is 5.56 Å². The number of rotatable bonds is 6. The van der Waals surface area contributed by atoms with Crippen LogP contribution >= 0.6 is 0 Å². The molecular weight excluding hydrogens is 274 g/mol. The molecule has 0 bridgehead atoms. The first-order valence-corrected chi connectivity index (χ1v) is 7.54. The Hall–Kier alpha value is -2.40. The molecule has 1 N–H and O–H groups in total. The fraction of sp³-hybridized carbons (Fsp3) is 0.294. The van der Waals surface area contributed by atoms with Crippen LogP contribution in [-0.2, 0) is 13.1 Å².